The average molecular weight is 832 g/mol. The molecule has 2 aliphatic heterocycles. The first-order chi connectivity index (χ1) is 27.2. The second-order valence-electron chi connectivity index (χ2n) is 15.3. The predicted molar refractivity (Wildman–Crippen MR) is 227 cm³/mol. The lowest BCUT2D eigenvalue weighted by molar-refractivity contribution is -0.138. The van der Waals surface area contributed by atoms with Gasteiger partial charge in [-0.15, -0.1) is 0 Å². The lowest BCUT2D eigenvalue weighted by Gasteiger charge is -2.35. The van der Waals surface area contributed by atoms with Crippen molar-refractivity contribution in [1.29, 1.82) is 10.7 Å². The number of carbonyl (C=O) groups excluding carboxylic acids is 1. The van der Waals surface area contributed by atoms with Crippen LogP contribution in [0.3, 0.4) is 0 Å². The number of allylic oxidation sites excluding steroid dienone is 2. The van der Waals surface area contributed by atoms with Gasteiger partial charge in [0.1, 0.15) is 16.9 Å². The molecule has 0 amide bonds. The Kier molecular flexibility index (Phi) is 19.7. The van der Waals surface area contributed by atoms with Crippen LogP contribution in [0, 0.1) is 56.6 Å². The minimum absolute atomic E-state index is 0.00956. The number of hydrogen-bond acceptors (Lipinski definition) is 8. The van der Waals surface area contributed by atoms with Crippen LogP contribution in [0.5, 0.6) is 0 Å². The molecule has 3 unspecified atom stereocenters. The molecule has 3 atom stereocenters. The number of ether oxygens (including phenoxy) is 1. The van der Waals surface area contributed by atoms with Crippen LogP contribution in [0.2, 0.25) is 0 Å². The Morgan fingerprint density at radius 2 is 1.81 bits per heavy atom. The maximum atomic E-state index is 17.0. The summed E-state index contributed by atoms with van der Waals surface area (Å²) in [7, 11) is 5.38. The highest BCUT2D eigenvalue weighted by atomic mass is 32.2. The first-order valence-corrected chi connectivity index (χ1v) is 20.7. The van der Waals surface area contributed by atoms with E-state index in [1.165, 1.54) is 46.0 Å². The third-order valence-corrected chi connectivity index (χ3v) is 11.8. The molecule has 2 aliphatic rings. The zero-order valence-corrected chi connectivity index (χ0v) is 36.8. The number of alkyl halides is 3. The Morgan fingerprint density at radius 3 is 2.26 bits per heavy atom. The second kappa shape index (κ2) is 22.9. The molecule has 1 saturated heterocycles. The summed E-state index contributed by atoms with van der Waals surface area (Å²) in [6.45, 7) is 21.5. The van der Waals surface area contributed by atoms with Crippen molar-refractivity contribution in [2.75, 3.05) is 39.6 Å². The van der Waals surface area contributed by atoms with E-state index < -0.39 is 28.6 Å². The van der Waals surface area contributed by atoms with E-state index in [1.807, 2.05) is 18.9 Å². The van der Waals surface area contributed by atoms with Crippen molar-refractivity contribution in [2.24, 2.45) is 17.8 Å². The van der Waals surface area contributed by atoms with Crippen LogP contribution < -0.4 is 15.8 Å². The number of methoxy groups -OCH3 is 1. The fourth-order valence-electron chi connectivity index (χ4n) is 6.96. The molecular weight excluding hydrogens is 770 g/mol. The molecule has 0 aromatic heterocycles. The summed E-state index contributed by atoms with van der Waals surface area (Å²) >= 11 is 0.619. The molecule has 2 aromatic rings. The first kappa shape index (κ1) is 50.0. The number of nitrogens with zero attached hydrogens (tertiary/aromatic N) is 3. The first-order valence-electron chi connectivity index (χ1n) is 19.9. The van der Waals surface area contributed by atoms with Crippen molar-refractivity contribution in [3.63, 3.8) is 0 Å². The molecule has 0 bridgehead atoms. The molecule has 2 aromatic carbocycles. The van der Waals surface area contributed by atoms with Gasteiger partial charge in [-0.05, 0) is 100 Å². The van der Waals surface area contributed by atoms with Gasteiger partial charge in [-0.1, -0.05) is 78.8 Å². The summed E-state index contributed by atoms with van der Waals surface area (Å²) < 4.78 is 82.0. The van der Waals surface area contributed by atoms with E-state index in [1.54, 1.807) is 19.1 Å². The maximum Gasteiger partial charge on any atom is 0.417 e. The molecule has 0 radical (unpaired) electrons. The van der Waals surface area contributed by atoms with Gasteiger partial charge in [0.05, 0.1) is 28.8 Å². The quantitative estimate of drug-likeness (QED) is 0.118. The molecule has 13 heteroatoms. The zero-order chi connectivity index (χ0) is 44.1. The normalized spacial score (nSPS) is 17.6. The molecule has 1 fully saturated rings. The number of nitriles is 1. The van der Waals surface area contributed by atoms with E-state index in [-0.39, 0.29) is 60.5 Å². The van der Waals surface area contributed by atoms with Crippen LogP contribution in [0.1, 0.15) is 99.5 Å². The molecule has 4 rings (SSSR count). The number of hydrogen-bond donors (Lipinski definition) is 2. The Bertz CT molecular complexity index is 2080. The Morgan fingerprint density at radius 1 is 1.17 bits per heavy atom. The maximum absolute atomic E-state index is 17.0. The van der Waals surface area contributed by atoms with Gasteiger partial charge in [-0.3, -0.25) is 10.2 Å². The monoisotopic (exact) mass is 831 g/mol. The standard InChI is InChI=1S/C34H41F5N4OS.C7H15N.C4H6O/c1-9-11-27(44-8)42-31-22(20(6)43(7)26(18(3)4)15-12-19(5)10-2)16-24(34(37,38)39)29(30(31)36)21-13-14-25(35)32-28(21)23(17-40)33(41)45-32;1-3-7-4-5-8(2)6-7;1-3-4(2)5/h11,13-14,16,18-19,26,41-42H,9-10,12,15H2,1-8H3;7H,3-6H2,1-2H3;3H,1H2,2H3/b22-20+,27-11-,29-21+,41-33?;;. The molecule has 0 aliphatic carbocycles. The Hall–Kier alpha value is -4.15. The Labute approximate surface area is 345 Å². The molecular formula is C45H62F5N5O2S. The Balaban J connectivity index is 0.000000757. The lowest BCUT2D eigenvalue weighted by Crippen LogP contribution is -2.37. The van der Waals surface area contributed by atoms with Gasteiger partial charge >= 0.3 is 6.18 Å². The van der Waals surface area contributed by atoms with E-state index in [9.17, 15) is 27.6 Å². The topological polar surface area (TPSA) is 92.5 Å². The number of carbonyl (C=O) groups is 1. The molecule has 0 spiro atoms. The fourth-order valence-corrected chi connectivity index (χ4v) is 7.89. The van der Waals surface area contributed by atoms with Crippen LogP contribution in [0.15, 0.2) is 47.7 Å². The van der Waals surface area contributed by atoms with Crippen molar-refractivity contribution in [3.05, 3.63) is 80.9 Å². The number of rotatable bonds is 13. The number of halogens is 5. The van der Waals surface area contributed by atoms with Gasteiger partial charge in [-0.2, -0.15) is 18.4 Å². The smallest absolute Gasteiger partial charge is 0.417 e. The molecule has 58 heavy (non-hydrogen) atoms. The number of thioether (sulfide) groups is 1. The van der Waals surface area contributed by atoms with E-state index in [2.05, 4.69) is 58.5 Å². The minimum atomic E-state index is -5.02. The van der Waals surface area contributed by atoms with Gasteiger partial charge in [-0.25, -0.2) is 8.78 Å². The SMILES string of the molecule is C=CC(C)=O.CC/C=C(/Nc1c(F)/c(=c2\ccc(F)c3c2=C(C#N)C(=N)S3)c(C(F)(F)F)c/c1=C(/C)N(C)C(CCC(C)CC)C(C)C)OC.CCC1CCN(C)C1. The molecule has 0 saturated carbocycles. The van der Waals surface area contributed by atoms with Gasteiger partial charge in [0.25, 0.3) is 0 Å². The van der Waals surface area contributed by atoms with Crippen molar-refractivity contribution in [1.82, 2.24) is 9.80 Å². The fraction of sp³-hybridized carbons (Fsp3) is 0.533. The van der Waals surface area contributed by atoms with E-state index >= 15 is 4.39 Å². The van der Waals surface area contributed by atoms with Crippen molar-refractivity contribution in [3.8, 4) is 6.07 Å². The minimum Gasteiger partial charge on any atom is -0.483 e. The van der Waals surface area contributed by atoms with E-state index in [4.69, 9.17) is 10.1 Å². The summed E-state index contributed by atoms with van der Waals surface area (Å²) in [4.78, 5) is 13.8. The third kappa shape index (κ3) is 12.9. The summed E-state index contributed by atoms with van der Waals surface area (Å²) in [5.74, 6) is -0.260. The number of benzene rings is 2. The molecule has 320 valence electrons. The van der Waals surface area contributed by atoms with Crippen molar-refractivity contribution < 1.29 is 31.5 Å². The highest BCUT2D eigenvalue weighted by molar-refractivity contribution is 8.15. The largest absolute Gasteiger partial charge is 0.483 e. The number of anilines is 1. The van der Waals surface area contributed by atoms with Crippen molar-refractivity contribution in [2.45, 2.75) is 111 Å². The molecule has 2 N–H and O–H groups in total. The second-order valence-corrected chi connectivity index (χ2v) is 16.3. The van der Waals surface area contributed by atoms with E-state index in [0.29, 0.717) is 29.8 Å². The highest BCUT2D eigenvalue weighted by Crippen LogP contribution is 2.34. The van der Waals surface area contributed by atoms with Crippen LogP contribution in [0.25, 0.3) is 11.3 Å². The van der Waals surface area contributed by atoms with Gasteiger partial charge < -0.3 is 19.9 Å². The average Bonchev–Trinajstić information content (AvgIpc) is 3.76. The summed E-state index contributed by atoms with van der Waals surface area (Å²) in [5.41, 5.74) is -1.41. The predicted octanol–water partition coefficient (Wildman–Crippen LogP) is 10.4. The lowest BCUT2D eigenvalue weighted by atomic mass is 9.92. The van der Waals surface area contributed by atoms with Crippen molar-refractivity contribution >= 4 is 39.5 Å². The summed E-state index contributed by atoms with van der Waals surface area (Å²) in [5, 5.41) is 19.1. The summed E-state index contributed by atoms with van der Waals surface area (Å²) in [6, 6.07) is 4.64. The van der Waals surface area contributed by atoms with Crippen LogP contribution >= 0.6 is 11.8 Å². The number of likely N-dealkylation sites (tertiary alicyclic amines) is 1. The van der Waals surface area contributed by atoms with Gasteiger partial charge in [0.2, 0.25) is 0 Å². The van der Waals surface area contributed by atoms with Crippen LogP contribution in [0.4, 0.5) is 27.6 Å². The molecule has 2 heterocycles. The number of nitrogens with one attached hydrogen (secondary N) is 2. The van der Waals surface area contributed by atoms with Crippen LogP contribution in [-0.2, 0) is 15.7 Å². The number of fused-ring (bicyclic) bond motifs is 1. The summed E-state index contributed by atoms with van der Waals surface area (Å²) in [6.07, 6.45) is 3.91. The molecule has 7 nitrogen and oxygen atoms in total. The highest BCUT2D eigenvalue weighted by Gasteiger charge is 2.36. The van der Waals surface area contributed by atoms with Gasteiger partial charge in [0.15, 0.2) is 17.5 Å². The third-order valence-electron chi connectivity index (χ3n) is 10.8. The zero-order valence-electron chi connectivity index (χ0n) is 36.0. The van der Waals surface area contributed by atoms with Gasteiger partial charge in [0, 0.05) is 41.0 Å². The number of ketones is 1. The van der Waals surface area contributed by atoms with Crippen LogP contribution in [-0.4, -0.2) is 61.0 Å². The van der Waals surface area contributed by atoms with E-state index in [0.717, 1.165) is 43.4 Å².